The smallest absolute Gasteiger partial charge is 0.326 e. The van der Waals surface area contributed by atoms with Crippen molar-refractivity contribution in [1.29, 1.82) is 0 Å². The van der Waals surface area contributed by atoms with Crippen LogP contribution in [0.25, 0.3) is 0 Å². The van der Waals surface area contributed by atoms with Crippen molar-refractivity contribution in [3.63, 3.8) is 0 Å². The van der Waals surface area contributed by atoms with Gasteiger partial charge in [-0.2, -0.15) is 4.31 Å². The average molecular weight is 368 g/mol. The molecule has 0 radical (unpaired) electrons. The highest BCUT2D eigenvalue weighted by molar-refractivity contribution is 7.89. The van der Waals surface area contributed by atoms with E-state index in [0.717, 1.165) is 0 Å². The number of hydrogen-bond donors (Lipinski definition) is 2. The zero-order valence-electron chi connectivity index (χ0n) is 14.4. The van der Waals surface area contributed by atoms with Crippen molar-refractivity contribution < 1.29 is 23.1 Å². The number of sulfonamides is 1. The molecule has 7 nitrogen and oxygen atoms in total. The van der Waals surface area contributed by atoms with Crippen molar-refractivity contribution in [2.75, 3.05) is 13.1 Å². The summed E-state index contributed by atoms with van der Waals surface area (Å²) in [7, 11) is -3.65. The number of rotatable bonds is 6. The number of nitrogens with one attached hydrogen (secondary N) is 1. The number of nitrogens with zero attached hydrogens (tertiary/aromatic N) is 1. The predicted octanol–water partition coefficient (Wildman–Crippen LogP) is 1.31. The van der Waals surface area contributed by atoms with Gasteiger partial charge in [-0.25, -0.2) is 13.2 Å². The van der Waals surface area contributed by atoms with Gasteiger partial charge in [-0.3, -0.25) is 4.79 Å². The average Bonchev–Trinajstić information content (AvgIpc) is 2.59. The molecular formula is C17H24N2O5S. The normalized spacial score (nSPS) is 20.2. The summed E-state index contributed by atoms with van der Waals surface area (Å²) in [5.41, 5.74) is 0. The highest BCUT2D eigenvalue weighted by atomic mass is 32.2. The minimum Gasteiger partial charge on any atom is -0.480 e. The van der Waals surface area contributed by atoms with Crippen LogP contribution in [0.15, 0.2) is 35.2 Å². The molecule has 0 aromatic heterocycles. The summed E-state index contributed by atoms with van der Waals surface area (Å²) < 4.78 is 26.7. The second-order valence-electron chi connectivity index (χ2n) is 6.58. The highest BCUT2D eigenvalue weighted by Crippen LogP contribution is 2.24. The standard InChI is InChI=1S/C17H24N2O5S/c1-12(2)15(17(21)22)18-16(20)13-7-6-10-19(11-13)25(23,24)14-8-4-3-5-9-14/h3-5,8-9,12-13,15H,6-7,10-11H2,1-2H3,(H,18,20)(H,21,22). The van der Waals surface area contributed by atoms with Crippen molar-refractivity contribution in [2.45, 2.75) is 37.6 Å². The third-order valence-electron chi connectivity index (χ3n) is 4.37. The zero-order chi connectivity index (χ0) is 18.6. The Morgan fingerprint density at radius 1 is 1.24 bits per heavy atom. The number of carboxylic acid groups (broad SMARTS) is 1. The van der Waals surface area contributed by atoms with Gasteiger partial charge in [0.1, 0.15) is 6.04 Å². The predicted molar refractivity (Wildman–Crippen MR) is 92.3 cm³/mol. The van der Waals surface area contributed by atoms with Gasteiger partial charge in [-0.1, -0.05) is 32.0 Å². The van der Waals surface area contributed by atoms with Gasteiger partial charge >= 0.3 is 5.97 Å². The van der Waals surface area contributed by atoms with Crippen LogP contribution in [0.4, 0.5) is 0 Å². The fourth-order valence-electron chi connectivity index (χ4n) is 2.90. The molecule has 0 aliphatic carbocycles. The van der Waals surface area contributed by atoms with Crippen LogP contribution >= 0.6 is 0 Å². The molecule has 1 amide bonds. The Morgan fingerprint density at radius 2 is 1.88 bits per heavy atom. The maximum absolute atomic E-state index is 12.7. The molecule has 8 heteroatoms. The van der Waals surface area contributed by atoms with E-state index in [9.17, 15) is 23.1 Å². The Hall–Kier alpha value is -1.93. The van der Waals surface area contributed by atoms with Crippen LogP contribution in [0.2, 0.25) is 0 Å². The molecule has 0 saturated carbocycles. The van der Waals surface area contributed by atoms with E-state index in [1.165, 1.54) is 16.4 Å². The molecule has 1 heterocycles. The minimum absolute atomic E-state index is 0.0630. The summed E-state index contributed by atoms with van der Waals surface area (Å²) in [6.07, 6.45) is 1.10. The lowest BCUT2D eigenvalue weighted by Gasteiger charge is -2.32. The quantitative estimate of drug-likeness (QED) is 0.788. The number of benzene rings is 1. The maximum atomic E-state index is 12.7. The topological polar surface area (TPSA) is 104 Å². The van der Waals surface area contributed by atoms with E-state index in [0.29, 0.717) is 19.4 Å². The van der Waals surface area contributed by atoms with Crippen LogP contribution in [0.5, 0.6) is 0 Å². The molecule has 1 aliphatic heterocycles. The fraction of sp³-hybridized carbons (Fsp3) is 0.529. The van der Waals surface area contributed by atoms with Gasteiger partial charge in [0.15, 0.2) is 0 Å². The Morgan fingerprint density at radius 3 is 2.44 bits per heavy atom. The third-order valence-corrected chi connectivity index (χ3v) is 6.25. The van der Waals surface area contributed by atoms with Gasteiger partial charge < -0.3 is 10.4 Å². The maximum Gasteiger partial charge on any atom is 0.326 e. The van der Waals surface area contributed by atoms with Crippen molar-refractivity contribution in [3.05, 3.63) is 30.3 Å². The molecule has 1 aromatic rings. The molecular weight excluding hydrogens is 344 g/mol. The lowest BCUT2D eigenvalue weighted by Crippen LogP contribution is -2.50. The number of aliphatic carboxylic acids is 1. The van der Waals surface area contributed by atoms with Crippen LogP contribution in [0.1, 0.15) is 26.7 Å². The van der Waals surface area contributed by atoms with E-state index < -0.39 is 33.9 Å². The molecule has 2 N–H and O–H groups in total. The van der Waals surface area contributed by atoms with Gasteiger partial charge in [-0.15, -0.1) is 0 Å². The van der Waals surface area contributed by atoms with Crippen molar-refractivity contribution in [1.82, 2.24) is 9.62 Å². The molecule has 2 rings (SSSR count). The third kappa shape index (κ3) is 4.58. The van der Waals surface area contributed by atoms with Crippen LogP contribution in [-0.4, -0.2) is 48.8 Å². The van der Waals surface area contributed by atoms with E-state index in [1.807, 2.05) is 0 Å². The molecule has 2 atom stereocenters. The number of carboxylic acids is 1. The lowest BCUT2D eigenvalue weighted by atomic mass is 9.97. The van der Waals surface area contributed by atoms with E-state index in [-0.39, 0.29) is 17.4 Å². The molecule has 0 spiro atoms. The summed E-state index contributed by atoms with van der Waals surface area (Å²) in [5, 5.41) is 11.7. The molecule has 1 saturated heterocycles. The largest absolute Gasteiger partial charge is 0.480 e. The SMILES string of the molecule is CC(C)C(NC(=O)C1CCCN(S(=O)(=O)c2ccccc2)C1)C(=O)O. The summed E-state index contributed by atoms with van der Waals surface area (Å²) >= 11 is 0. The van der Waals surface area contributed by atoms with Crippen LogP contribution in [0, 0.1) is 11.8 Å². The van der Waals surface area contributed by atoms with Gasteiger partial charge in [0.25, 0.3) is 0 Å². The van der Waals surface area contributed by atoms with E-state index in [1.54, 1.807) is 32.0 Å². The first-order valence-electron chi connectivity index (χ1n) is 8.32. The summed E-state index contributed by atoms with van der Waals surface area (Å²) in [6, 6.07) is 7.12. The van der Waals surface area contributed by atoms with Crippen molar-refractivity contribution in [2.24, 2.45) is 11.8 Å². The molecule has 1 aliphatic rings. The van der Waals surface area contributed by atoms with Gasteiger partial charge in [0, 0.05) is 13.1 Å². The van der Waals surface area contributed by atoms with Gasteiger partial charge in [0.2, 0.25) is 15.9 Å². The summed E-state index contributed by atoms with van der Waals surface area (Å²) in [4.78, 5) is 23.9. The monoisotopic (exact) mass is 368 g/mol. The van der Waals surface area contributed by atoms with Crippen LogP contribution in [-0.2, 0) is 19.6 Å². The molecule has 1 fully saturated rings. The number of piperidine rings is 1. The van der Waals surface area contributed by atoms with E-state index in [2.05, 4.69) is 5.32 Å². The summed E-state index contributed by atoms with van der Waals surface area (Å²) in [5.74, 6) is -2.30. The van der Waals surface area contributed by atoms with Crippen LogP contribution in [0.3, 0.4) is 0 Å². The Balaban J connectivity index is 2.10. The van der Waals surface area contributed by atoms with Crippen molar-refractivity contribution >= 4 is 21.9 Å². The lowest BCUT2D eigenvalue weighted by molar-refractivity contribution is -0.144. The molecule has 25 heavy (non-hydrogen) atoms. The second kappa shape index (κ2) is 7.97. The van der Waals surface area contributed by atoms with E-state index >= 15 is 0 Å². The highest BCUT2D eigenvalue weighted by Gasteiger charge is 2.35. The Bertz CT molecular complexity index is 718. The second-order valence-corrected chi connectivity index (χ2v) is 8.52. The molecule has 1 aromatic carbocycles. The number of carbonyl (C=O) groups is 2. The number of hydrogen-bond acceptors (Lipinski definition) is 4. The molecule has 138 valence electrons. The summed E-state index contributed by atoms with van der Waals surface area (Å²) in [6.45, 7) is 3.85. The first-order valence-corrected chi connectivity index (χ1v) is 9.76. The first kappa shape index (κ1) is 19.4. The number of amides is 1. The first-order chi connectivity index (χ1) is 11.7. The van der Waals surface area contributed by atoms with Crippen LogP contribution < -0.4 is 5.32 Å². The Kier molecular flexibility index (Phi) is 6.18. The Labute approximate surface area is 148 Å². The van der Waals surface area contributed by atoms with Crippen molar-refractivity contribution in [3.8, 4) is 0 Å². The molecule has 0 bridgehead atoms. The van der Waals surface area contributed by atoms with E-state index in [4.69, 9.17) is 0 Å². The molecule has 2 unspecified atom stereocenters. The minimum atomic E-state index is -3.65. The zero-order valence-corrected chi connectivity index (χ0v) is 15.2. The fourth-order valence-corrected chi connectivity index (χ4v) is 4.45. The number of carbonyl (C=O) groups excluding carboxylic acids is 1. The van der Waals surface area contributed by atoms with Gasteiger partial charge in [-0.05, 0) is 30.9 Å². The van der Waals surface area contributed by atoms with Gasteiger partial charge in [0.05, 0.1) is 10.8 Å².